The van der Waals surface area contributed by atoms with E-state index in [9.17, 15) is 4.79 Å². The van der Waals surface area contributed by atoms with Crippen molar-refractivity contribution in [2.45, 2.75) is 20.3 Å². The Bertz CT molecular complexity index is 1220. The van der Waals surface area contributed by atoms with Crippen LogP contribution < -0.4 is 5.32 Å². The highest BCUT2D eigenvalue weighted by molar-refractivity contribution is 9.10. The van der Waals surface area contributed by atoms with Gasteiger partial charge in [0.05, 0.1) is 22.1 Å². The van der Waals surface area contributed by atoms with Crippen LogP contribution in [-0.2, 0) is 6.42 Å². The first-order valence-electron chi connectivity index (χ1n) is 9.11. The zero-order valence-electron chi connectivity index (χ0n) is 16.2. The zero-order valence-corrected chi connectivity index (χ0v) is 19.3. The number of aryl methyl sites for hydroxylation is 1. The molecule has 0 aliphatic carbocycles. The Balaban J connectivity index is 1.52. The van der Waals surface area contributed by atoms with Crippen molar-refractivity contribution in [2.75, 3.05) is 5.32 Å². The molecule has 2 heterocycles. The van der Waals surface area contributed by atoms with Gasteiger partial charge in [-0.25, -0.2) is 9.67 Å². The van der Waals surface area contributed by atoms with E-state index in [1.165, 1.54) is 16.9 Å². The fraction of sp³-hybridized carbons (Fsp3) is 0.143. The number of benzene rings is 2. The third-order valence-corrected chi connectivity index (χ3v) is 6.50. The molecule has 152 valence electrons. The molecule has 2 aromatic carbocycles. The molecule has 0 atom stereocenters. The maximum atomic E-state index is 12.8. The average molecular weight is 503 g/mol. The standard InChI is InChI=1S/C21H17BrClN5OS/c1-12-18(11-14-7-9-15(22)10-8-14)30-21(24-12)25-20(29)19-13(2)28(27-26-19)17-6-4-3-5-16(17)23/h3-10H,11H2,1-2H3,(H,24,25,29). The van der Waals surface area contributed by atoms with Gasteiger partial charge in [-0.15, -0.1) is 16.4 Å². The highest BCUT2D eigenvalue weighted by Crippen LogP contribution is 2.27. The average Bonchev–Trinajstić information content (AvgIpc) is 3.26. The predicted molar refractivity (Wildman–Crippen MR) is 123 cm³/mol. The van der Waals surface area contributed by atoms with E-state index in [-0.39, 0.29) is 11.6 Å². The summed E-state index contributed by atoms with van der Waals surface area (Å²) in [5.41, 5.74) is 3.59. The normalized spacial score (nSPS) is 10.9. The van der Waals surface area contributed by atoms with Crippen LogP contribution in [0.15, 0.2) is 53.0 Å². The molecule has 0 saturated heterocycles. The molecule has 9 heteroatoms. The zero-order chi connectivity index (χ0) is 21.3. The van der Waals surface area contributed by atoms with E-state index >= 15 is 0 Å². The lowest BCUT2D eigenvalue weighted by molar-refractivity contribution is 0.102. The molecule has 6 nitrogen and oxygen atoms in total. The first-order chi connectivity index (χ1) is 14.4. The summed E-state index contributed by atoms with van der Waals surface area (Å²) in [6.45, 7) is 3.73. The molecule has 0 aliphatic heterocycles. The van der Waals surface area contributed by atoms with Gasteiger partial charge in [0.1, 0.15) is 0 Å². The van der Waals surface area contributed by atoms with Gasteiger partial charge in [-0.2, -0.15) is 0 Å². The highest BCUT2D eigenvalue weighted by atomic mass is 79.9. The minimum absolute atomic E-state index is 0.234. The Kier molecular flexibility index (Phi) is 5.99. The number of nitrogens with one attached hydrogen (secondary N) is 1. The van der Waals surface area contributed by atoms with Crippen molar-refractivity contribution in [2.24, 2.45) is 0 Å². The number of hydrogen-bond donors (Lipinski definition) is 1. The van der Waals surface area contributed by atoms with Gasteiger partial charge in [-0.3, -0.25) is 10.1 Å². The van der Waals surface area contributed by atoms with Gasteiger partial charge in [0, 0.05) is 15.8 Å². The van der Waals surface area contributed by atoms with E-state index in [0.717, 1.165) is 21.5 Å². The molecule has 0 saturated carbocycles. The molecule has 4 rings (SSSR count). The maximum absolute atomic E-state index is 12.8. The molecule has 0 bridgehead atoms. The summed E-state index contributed by atoms with van der Waals surface area (Å²) in [5, 5.41) is 12.1. The Morgan fingerprint density at radius 3 is 2.63 bits per heavy atom. The van der Waals surface area contributed by atoms with Crippen LogP contribution in [0.4, 0.5) is 5.13 Å². The molecule has 0 radical (unpaired) electrons. The molecule has 0 aliphatic rings. The fourth-order valence-electron chi connectivity index (χ4n) is 2.98. The van der Waals surface area contributed by atoms with Crippen LogP contribution in [0.3, 0.4) is 0 Å². The van der Waals surface area contributed by atoms with Crippen LogP contribution in [0.25, 0.3) is 5.69 Å². The number of aromatic nitrogens is 4. The van der Waals surface area contributed by atoms with E-state index in [1.807, 2.05) is 37.3 Å². The monoisotopic (exact) mass is 501 g/mol. The van der Waals surface area contributed by atoms with E-state index in [2.05, 4.69) is 48.7 Å². The molecule has 4 aromatic rings. The van der Waals surface area contributed by atoms with Crippen LogP contribution >= 0.6 is 38.9 Å². The number of anilines is 1. The quantitative estimate of drug-likeness (QED) is 0.385. The highest BCUT2D eigenvalue weighted by Gasteiger charge is 2.20. The largest absolute Gasteiger partial charge is 0.296 e. The Labute approximate surface area is 191 Å². The summed E-state index contributed by atoms with van der Waals surface area (Å²) in [7, 11) is 0. The second-order valence-electron chi connectivity index (χ2n) is 6.67. The first kappa shape index (κ1) is 20.7. The summed E-state index contributed by atoms with van der Waals surface area (Å²) in [5.74, 6) is -0.352. The number of carbonyl (C=O) groups is 1. The van der Waals surface area contributed by atoms with Crippen molar-refractivity contribution in [3.63, 3.8) is 0 Å². The van der Waals surface area contributed by atoms with Gasteiger partial charge in [0.25, 0.3) is 5.91 Å². The summed E-state index contributed by atoms with van der Waals surface area (Å²) < 4.78 is 2.60. The van der Waals surface area contributed by atoms with E-state index in [4.69, 9.17) is 11.6 Å². The summed E-state index contributed by atoms with van der Waals surface area (Å²) in [6.07, 6.45) is 0.758. The van der Waals surface area contributed by atoms with Crippen molar-refractivity contribution in [1.82, 2.24) is 20.0 Å². The van der Waals surface area contributed by atoms with Crippen LogP contribution in [0.2, 0.25) is 5.02 Å². The molecule has 0 spiro atoms. The summed E-state index contributed by atoms with van der Waals surface area (Å²) in [6, 6.07) is 15.4. The Morgan fingerprint density at radius 2 is 1.90 bits per heavy atom. The molecule has 30 heavy (non-hydrogen) atoms. The van der Waals surface area contributed by atoms with E-state index < -0.39 is 0 Å². The number of amides is 1. The first-order valence-corrected chi connectivity index (χ1v) is 11.1. The number of rotatable bonds is 5. The Morgan fingerprint density at radius 1 is 1.17 bits per heavy atom. The van der Waals surface area contributed by atoms with Crippen molar-refractivity contribution >= 4 is 49.9 Å². The van der Waals surface area contributed by atoms with E-state index in [1.54, 1.807) is 17.7 Å². The van der Waals surface area contributed by atoms with Gasteiger partial charge < -0.3 is 0 Å². The third-order valence-electron chi connectivity index (χ3n) is 4.58. The minimum Gasteiger partial charge on any atom is -0.296 e. The fourth-order valence-corrected chi connectivity index (χ4v) is 4.45. The lowest BCUT2D eigenvalue weighted by Crippen LogP contribution is -2.14. The molecule has 0 fully saturated rings. The number of nitrogens with zero attached hydrogens (tertiary/aromatic N) is 4. The van der Waals surface area contributed by atoms with Gasteiger partial charge in [-0.05, 0) is 43.7 Å². The molecule has 2 aromatic heterocycles. The molecule has 1 N–H and O–H groups in total. The van der Waals surface area contributed by atoms with Crippen LogP contribution in [0.1, 0.15) is 32.3 Å². The Hall–Kier alpha value is -2.55. The lowest BCUT2D eigenvalue weighted by atomic mass is 10.1. The number of thiazole rings is 1. The topological polar surface area (TPSA) is 72.7 Å². The van der Waals surface area contributed by atoms with Gasteiger partial charge in [0.2, 0.25) is 0 Å². The molecule has 1 amide bonds. The maximum Gasteiger partial charge on any atom is 0.279 e. The minimum atomic E-state index is -0.352. The third kappa shape index (κ3) is 4.30. The smallest absolute Gasteiger partial charge is 0.279 e. The molecule has 0 unspecified atom stereocenters. The SMILES string of the molecule is Cc1nc(NC(=O)c2nnn(-c3ccccc3Cl)c2C)sc1Cc1ccc(Br)cc1. The van der Waals surface area contributed by atoms with Gasteiger partial charge in [0.15, 0.2) is 10.8 Å². The van der Waals surface area contributed by atoms with Crippen molar-refractivity contribution in [1.29, 1.82) is 0 Å². The second-order valence-corrected chi connectivity index (χ2v) is 9.08. The predicted octanol–water partition coefficient (Wildman–Crippen LogP) is 5.60. The van der Waals surface area contributed by atoms with Crippen molar-refractivity contribution in [3.05, 3.63) is 85.5 Å². The second kappa shape index (κ2) is 8.67. The number of para-hydroxylation sites is 1. The summed E-state index contributed by atoms with van der Waals surface area (Å²) in [4.78, 5) is 18.4. The van der Waals surface area contributed by atoms with E-state index in [0.29, 0.717) is 21.5 Å². The molecular formula is C21H17BrClN5OS. The van der Waals surface area contributed by atoms with Gasteiger partial charge >= 0.3 is 0 Å². The van der Waals surface area contributed by atoms with Crippen molar-refractivity contribution < 1.29 is 4.79 Å². The number of carbonyl (C=O) groups excluding carboxylic acids is 1. The molecular weight excluding hydrogens is 486 g/mol. The van der Waals surface area contributed by atoms with Crippen LogP contribution in [-0.4, -0.2) is 25.9 Å². The van der Waals surface area contributed by atoms with Crippen LogP contribution in [0.5, 0.6) is 0 Å². The van der Waals surface area contributed by atoms with Crippen molar-refractivity contribution in [3.8, 4) is 5.69 Å². The van der Waals surface area contributed by atoms with Gasteiger partial charge in [-0.1, -0.05) is 57.0 Å². The number of halogens is 2. The van der Waals surface area contributed by atoms with Crippen LogP contribution in [0, 0.1) is 13.8 Å². The lowest BCUT2D eigenvalue weighted by Gasteiger charge is -2.05. The number of hydrogen-bond acceptors (Lipinski definition) is 5. The summed E-state index contributed by atoms with van der Waals surface area (Å²) >= 11 is 11.2.